The minimum absolute atomic E-state index is 0.245. The molecule has 4 nitrogen and oxygen atoms in total. The molecule has 1 aromatic rings. The van der Waals surface area contributed by atoms with Crippen molar-refractivity contribution in [1.29, 1.82) is 0 Å². The Hall–Kier alpha value is -0.870. The average molecular weight is 277 g/mol. The molecule has 112 valence electrons. The summed E-state index contributed by atoms with van der Waals surface area (Å²) in [6.07, 6.45) is 9.04. The highest BCUT2D eigenvalue weighted by Gasteiger charge is 2.30. The van der Waals surface area contributed by atoms with Crippen molar-refractivity contribution in [3.63, 3.8) is 0 Å². The van der Waals surface area contributed by atoms with Crippen molar-refractivity contribution in [1.82, 2.24) is 14.5 Å². The van der Waals surface area contributed by atoms with Crippen LogP contribution >= 0.6 is 0 Å². The predicted molar refractivity (Wildman–Crippen MR) is 79.9 cm³/mol. The molecule has 1 saturated heterocycles. The van der Waals surface area contributed by atoms with Crippen molar-refractivity contribution in [2.24, 2.45) is 0 Å². The molecule has 0 bridgehead atoms. The molecule has 3 rings (SSSR count). The van der Waals surface area contributed by atoms with Gasteiger partial charge in [-0.05, 0) is 52.5 Å². The number of aliphatic hydroxyl groups is 1. The van der Waals surface area contributed by atoms with Crippen molar-refractivity contribution in [2.45, 2.75) is 70.5 Å². The van der Waals surface area contributed by atoms with E-state index in [1.807, 2.05) is 6.20 Å². The number of hydrogen-bond acceptors (Lipinski definition) is 3. The summed E-state index contributed by atoms with van der Waals surface area (Å²) in [6, 6.07) is 1.50. The summed E-state index contributed by atoms with van der Waals surface area (Å²) in [5.41, 5.74) is 1.32. The fourth-order valence-corrected chi connectivity index (χ4v) is 4.01. The molecule has 0 radical (unpaired) electrons. The molecular formula is C16H27N3O. The Labute approximate surface area is 121 Å². The lowest BCUT2D eigenvalue weighted by molar-refractivity contribution is 0.187. The molecule has 1 aromatic heterocycles. The number of imidazole rings is 1. The first-order valence-corrected chi connectivity index (χ1v) is 8.12. The van der Waals surface area contributed by atoms with E-state index in [0.717, 1.165) is 19.3 Å². The van der Waals surface area contributed by atoms with Gasteiger partial charge in [-0.25, -0.2) is 4.98 Å². The molecule has 1 N–H and O–H groups in total. The Morgan fingerprint density at radius 2 is 2.10 bits per heavy atom. The summed E-state index contributed by atoms with van der Waals surface area (Å²) in [7, 11) is 0. The van der Waals surface area contributed by atoms with Gasteiger partial charge < -0.3 is 9.67 Å². The summed E-state index contributed by atoms with van der Waals surface area (Å²) in [6.45, 7) is 6.04. The number of aromatic nitrogens is 2. The minimum atomic E-state index is 0.245. The van der Waals surface area contributed by atoms with Crippen LogP contribution in [0.3, 0.4) is 0 Å². The van der Waals surface area contributed by atoms with Crippen LogP contribution in [0.15, 0.2) is 6.20 Å². The normalized spacial score (nSPS) is 27.2. The molecule has 2 aliphatic rings. The summed E-state index contributed by atoms with van der Waals surface area (Å²) in [4.78, 5) is 7.29. The summed E-state index contributed by atoms with van der Waals surface area (Å²) in [5.74, 6) is 1.19. The van der Waals surface area contributed by atoms with E-state index in [-0.39, 0.29) is 12.6 Å². The van der Waals surface area contributed by atoms with Gasteiger partial charge in [0.1, 0.15) is 5.82 Å². The number of likely N-dealkylation sites (tertiary alicyclic amines) is 1. The van der Waals surface area contributed by atoms with Gasteiger partial charge in [-0.1, -0.05) is 0 Å². The first-order chi connectivity index (χ1) is 9.70. The number of aliphatic hydroxyl groups excluding tert-OH is 1. The monoisotopic (exact) mass is 277 g/mol. The molecule has 0 aliphatic carbocycles. The highest BCUT2D eigenvalue weighted by molar-refractivity contribution is 5.12. The van der Waals surface area contributed by atoms with Crippen LogP contribution in [0.2, 0.25) is 0 Å². The molecule has 2 aliphatic heterocycles. The predicted octanol–water partition coefficient (Wildman–Crippen LogP) is 2.17. The zero-order chi connectivity index (χ0) is 14.1. The zero-order valence-electron chi connectivity index (χ0n) is 12.8. The molecule has 2 unspecified atom stereocenters. The van der Waals surface area contributed by atoms with Crippen molar-refractivity contribution in [3.8, 4) is 0 Å². The zero-order valence-corrected chi connectivity index (χ0v) is 12.8. The summed E-state index contributed by atoms with van der Waals surface area (Å²) in [5, 5.41) is 9.62. The Bertz CT molecular complexity index is 455. The van der Waals surface area contributed by atoms with Crippen molar-refractivity contribution >= 4 is 0 Å². The van der Waals surface area contributed by atoms with Crippen molar-refractivity contribution in [2.75, 3.05) is 13.2 Å². The molecule has 0 amide bonds. The van der Waals surface area contributed by atoms with Gasteiger partial charge in [-0.15, -0.1) is 0 Å². The molecular weight excluding hydrogens is 250 g/mol. The molecule has 0 aromatic carbocycles. The third-order valence-electron chi connectivity index (χ3n) is 5.00. The van der Waals surface area contributed by atoms with Crippen molar-refractivity contribution < 1.29 is 5.11 Å². The van der Waals surface area contributed by atoms with Crippen molar-refractivity contribution in [3.05, 3.63) is 17.7 Å². The Kier molecular flexibility index (Phi) is 4.13. The molecule has 20 heavy (non-hydrogen) atoms. The first-order valence-electron chi connectivity index (χ1n) is 8.12. The van der Waals surface area contributed by atoms with E-state index in [9.17, 15) is 5.11 Å². The van der Waals surface area contributed by atoms with Gasteiger partial charge in [-0.3, -0.25) is 4.90 Å². The standard InChI is InChI=1S/C16H27N3O/c1-12(2)18-8-4-7-13(18)9-16-17-10-14-5-3-6-15(11-20)19(14)16/h10,12-13,15,20H,3-9,11H2,1-2H3. The molecule has 0 saturated carbocycles. The Balaban J connectivity index is 1.80. The highest BCUT2D eigenvalue weighted by atomic mass is 16.3. The highest BCUT2D eigenvalue weighted by Crippen LogP contribution is 2.29. The van der Waals surface area contributed by atoms with Crippen LogP contribution in [0.25, 0.3) is 0 Å². The average Bonchev–Trinajstić information content (AvgIpc) is 3.06. The molecule has 3 heterocycles. The van der Waals surface area contributed by atoms with Crippen LogP contribution in [0.4, 0.5) is 0 Å². The third kappa shape index (κ3) is 2.51. The fraction of sp³-hybridized carbons (Fsp3) is 0.812. The Morgan fingerprint density at radius 1 is 1.30 bits per heavy atom. The fourth-order valence-electron chi connectivity index (χ4n) is 4.01. The molecule has 2 atom stereocenters. The second kappa shape index (κ2) is 5.86. The second-order valence-corrected chi connectivity index (χ2v) is 6.60. The van der Waals surface area contributed by atoms with Crippen LogP contribution in [0.5, 0.6) is 0 Å². The maximum atomic E-state index is 9.62. The molecule has 1 fully saturated rings. The Morgan fingerprint density at radius 3 is 2.85 bits per heavy atom. The van der Waals surface area contributed by atoms with E-state index in [2.05, 4.69) is 28.3 Å². The largest absolute Gasteiger partial charge is 0.394 e. The SMILES string of the molecule is CC(C)N1CCCC1Cc1ncc2n1C(CO)CCC2. The molecule has 0 spiro atoms. The smallest absolute Gasteiger partial charge is 0.110 e. The number of hydrogen-bond donors (Lipinski definition) is 1. The van der Waals surface area contributed by atoms with Gasteiger partial charge in [0.05, 0.1) is 12.6 Å². The third-order valence-corrected chi connectivity index (χ3v) is 5.00. The van der Waals surface area contributed by atoms with Crippen LogP contribution in [-0.2, 0) is 12.8 Å². The van der Waals surface area contributed by atoms with E-state index in [4.69, 9.17) is 0 Å². The summed E-state index contributed by atoms with van der Waals surface area (Å²) < 4.78 is 2.33. The van der Waals surface area contributed by atoms with Crippen LogP contribution in [0.1, 0.15) is 57.1 Å². The first kappa shape index (κ1) is 14.1. The van der Waals surface area contributed by atoms with E-state index in [1.54, 1.807) is 0 Å². The topological polar surface area (TPSA) is 41.3 Å². The van der Waals surface area contributed by atoms with Crippen LogP contribution in [-0.4, -0.2) is 44.8 Å². The van der Waals surface area contributed by atoms with Gasteiger partial charge in [-0.2, -0.15) is 0 Å². The number of fused-ring (bicyclic) bond motifs is 1. The lowest BCUT2D eigenvalue weighted by Gasteiger charge is -2.30. The number of nitrogens with zero attached hydrogens (tertiary/aromatic N) is 3. The maximum Gasteiger partial charge on any atom is 0.110 e. The van der Waals surface area contributed by atoms with E-state index in [1.165, 1.54) is 37.3 Å². The number of aryl methyl sites for hydroxylation is 1. The lowest BCUT2D eigenvalue weighted by Crippen LogP contribution is -2.37. The van der Waals surface area contributed by atoms with Gasteiger partial charge in [0, 0.05) is 30.4 Å². The summed E-state index contributed by atoms with van der Waals surface area (Å²) >= 11 is 0. The maximum absolute atomic E-state index is 9.62. The van der Waals surface area contributed by atoms with Crippen LogP contribution < -0.4 is 0 Å². The quantitative estimate of drug-likeness (QED) is 0.917. The van der Waals surface area contributed by atoms with Gasteiger partial charge in [0.2, 0.25) is 0 Å². The van der Waals surface area contributed by atoms with E-state index < -0.39 is 0 Å². The van der Waals surface area contributed by atoms with Crippen LogP contribution in [0, 0.1) is 0 Å². The second-order valence-electron chi connectivity index (χ2n) is 6.60. The molecule has 4 heteroatoms. The van der Waals surface area contributed by atoms with E-state index in [0.29, 0.717) is 12.1 Å². The van der Waals surface area contributed by atoms with E-state index >= 15 is 0 Å². The lowest BCUT2D eigenvalue weighted by atomic mass is 10.0. The minimum Gasteiger partial charge on any atom is -0.394 e. The number of rotatable bonds is 4. The van der Waals surface area contributed by atoms with Gasteiger partial charge in [0.25, 0.3) is 0 Å². The van der Waals surface area contributed by atoms with Gasteiger partial charge >= 0.3 is 0 Å². The van der Waals surface area contributed by atoms with Gasteiger partial charge in [0.15, 0.2) is 0 Å².